The standard InChI is InChI=1S/C10H18N/c1-4-5-6-7-8-9-10(2)11-3/h10-11H,1,4-7H2,2-3H3. The summed E-state index contributed by atoms with van der Waals surface area (Å²) in [4.78, 5) is 0. The van der Waals surface area contributed by atoms with E-state index in [0.29, 0.717) is 6.04 Å². The van der Waals surface area contributed by atoms with Gasteiger partial charge in [0.15, 0.2) is 0 Å². The minimum atomic E-state index is 0.328. The summed E-state index contributed by atoms with van der Waals surface area (Å²) in [5.74, 6) is 6.24. The van der Waals surface area contributed by atoms with E-state index in [1.54, 1.807) is 0 Å². The van der Waals surface area contributed by atoms with Crippen LogP contribution in [-0.2, 0) is 0 Å². The first-order chi connectivity index (χ1) is 5.31. The first kappa shape index (κ1) is 10.5. The van der Waals surface area contributed by atoms with E-state index in [4.69, 9.17) is 0 Å². The molecule has 0 amide bonds. The van der Waals surface area contributed by atoms with Gasteiger partial charge < -0.3 is 5.32 Å². The highest BCUT2D eigenvalue weighted by atomic mass is 14.8. The van der Waals surface area contributed by atoms with Crippen LogP contribution in [0.5, 0.6) is 0 Å². The molecule has 0 aromatic rings. The lowest BCUT2D eigenvalue weighted by Crippen LogP contribution is -2.18. The van der Waals surface area contributed by atoms with Gasteiger partial charge in [0.05, 0.1) is 6.04 Å². The van der Waals surface area contributed by atoms with E-state index in [0.717, 1.165) is 12.8 Å². The lowest BCUT2D eigenvalue weighted by molar-refractivity contribution is 0.742. The van der Waals surface area contributed by atoms with Gasteiger partial charge in [-0.3, -0.25) is 0 Å². The van der Waals surface area contributed by atoms with Gasteiger partial charge in [-0.25, -0.2) is 0 Å². The van der Waals surface area contributed by atoms with E-state index >= 15 is 0 Å². The molecule has 0 saturated heterocycles. The molecule has 1 radical (unpaired) electrons. The van der Waals surface area contributed by atoms with Crippen LogP contribution in [0.1, 0.15) is 32.6 Å². The molecular weight excluding hydrogens is 134 g/mol. The second-order valence-electron chi connectivity index (χ2n) is 2.64. The number of hydrogen-bond acceptors (Lipinski definition) is 1. The third kappa shape index (κ3) is 7.42. The molecule has 0 aliphatic rings. The predicted octanol–water partition coefficient (Wildman–Crippen LogP) is 1.99. The third-order valence-electron chi connectivity index (χ3n) is 1.55. The molecule has 1 nitrogen and oxygen atoms in total. The Morgan fingerprint density at radius 3 is 2.73 bits per heavy atom. The van der Waals surface area contributed by atoms with E-state index in [2.05, 4.69) is 31.0 Å². The molecule has 63 valence electrons. The van der Waals surface area contributed by atoms with Gasteiger partial charge >= 0.3 is 0 Å². The highest BCUT2D eigenvalue weighted by Gasteiger charge is 1.86. The van der Waals surface area contributed by atoms with Crippen LogP contribution in [0, 0.1) is 18.8 Å². The number of nitrogens with one attached hydrogen (secondary N) is 1. The molecule has 0 aromatic heterocycles. The van der Waals surface area contributed by atoms with E-state index < -0.39 is 0 Å². The van der Waals surface area contributed by atoms with Crippen molar-refractivity contribution in [2.45, 2.75) is 38.6 Å². The van der Waals surface area contributed by atoms with Gasteiger partial charge in [-0.1, -0.05) is 25.7 Å². The van der Waals surface area contributed by atoms with Crippen molar-refractivity contribution in [1.29, 1.82) is 0 Å². The van der Waals surface area contributed by atoms with Gasteiger partial charge in [0.2, 0.25) is 0 Å². The average molecular weight is 152 g/mol. The first-order valence-corrected chi connectivity index (χ1v) is 4.26. The number of unbranched alkanes of at least 4 members (excludes halogenated alkanes) is 3. The summed E-state index contributed by atoms with van der Waals surface area (Å²) in [6.07, 6.45) is 4.43. The maximum atomic E-state index is 3.77. The van der Waals surface area contributed by atoms with Crippen LogP contribution in [-0.4, -0.2) is 13.1 Å². The fourth-order valence-corrected chi connectivity index (χ4v) is 0.688. The van der Waals surface area contributed by atoms with Crippen molar-refractivity contribution >= 4 is 0 Å². The molecule has 0 rings (SSSR count). The lowest BCUT2D eigenvalue weighted by Gasteiger charge is -1.97. The summed E-state index contributed by atoms with van der Waals surface area (Å²) in [7, 11) is 1.93. The number of hydrogen-bond donors (Lipinski definition) is 1. The molecule has 0 aliphatic carbocycles. The smallest absolute Gasteiger partial charge is 0.0658 e. The quantitative estimate of drug-likeness (QED) is 0.480. The highest BCUT2D eigenvalue weighted by Crippen LogP contribution is 1.96. The molecule has 0 aliphatic heterocycles. The Bertz CT molecular complexity index is 130. The Morgan fingerprint density at radius 1 is 1.45 bits per heavy atom. The minimum absolute atomic E-state index is 0.328. The van der Waals surface area contributed by atoms with Crippen molar-refractivity contribution in [2.75, 3.05) is 7.05 Å². The summed E-state index contributed by atoms with van der Waals surface area (Å²) in [6, 6.07) is 0.328. The molecule has 0 aromatic carbocycles. The van der Waals surface area contributed by atoms with Gasteiger partial charge in [0, 0.05) is 6.42 Å². The zero-order valence-electron chi connectivity index (χ0n) is 7.61. The maximum Gasteiger partial charge on any atom is 0.0658 e. The van der Waals surface area contributed by atoms with E-state index in [1.807, 2.05) is 7.05 Å². The predicted molar refractivity (Wildman–Crippen MR) is 50.1 cm³/mol. The molecule has 0 spiro atoms. The van der Waals surface area contributed by atoms with Crippen molar-refractivity contribution < 1.29 is 0 Å². The Labute approximate surface area is 70.6 Å². The number of rotatable bonds is 4. The van der Waals surface area contributed by atoms with Gasteiger partial charge in [-0.05, 0) is 20.4 Å². The van der Waals surface area contributed by atoms with Crippen molar-refractivity contribution in [2.24, 2.45) is 0 Å². The Hall–Kier alpha value is -0.480. The van der Waals surface area contributed by atoms with Gasteiger partial charge in [0.1, 0.15) is 0 Å². The lowest BCUT2D eigenvalue weighted by atomic mass is 10.2. The molecule has 1 heteroatoms. The fourth-order valence-electron chi connectivity index (χ4n) is 0.688. The van der Waals surface area contributed by atoms with Crippen LogP contribution in [0.15, 0.2) is 0 Å². The highest BCUT2D eigenvalue weighted by molar-refractivity contribution is 5.05. The SMILES string of the molecule is [CH2]CCCCC#CC(C)NC. The fraction of sp³-hybridized carbons (Fsp3) is 0.700. The average Bonchev–Trinajstić information content (AvgIpc) is 2.04. The van der Waals surface area contributed by atoms with Crippen molar-refractivity contribution in [3.8, 4) is 11.8 Å². The molecular formula is C10H18N. The Balaban J connectivity index is 3.25. The van der Waals surface area contributed by atoms with Gasteiger partial charge in [-0.15, -0.1) is 5.92 Å². The van der Waals surface area contributed by atoms with Crippen LogP contribution < -0.4 is 5.32 Å². The van der Waals surface area contributed by atoms with Gasteiger partial charge in [-0.2, -0.15) is 0 Å². The summed E-state index contributed by atoms with van der Waals surface area (Å²) in [5, 5.41) is 3.07. The summed E-state index contributed by atoms with van der Waals surface area (Å²) in [5.41, 5.74) is 0. The summed E-state index contributed by atoms with van der Waals surface area (Å²) >= 11 is 0. The zero-order chi connectivity index (χ0) is 8.53. The molecule has 1 atom stereocenters. The van der Waals surface area contributed by atoms with E-state index in [1.165, 1.54) is 12.8 Å². The van der Waals surface area contributed by atoms with Crippen LogP contribution in [0.2, 0.25) is 0 Å². The molecule has 0 bridgehead atoms. The summed E-state index contributed by atoms with van der Waals surface area (Å²) < 4.78 is 0. The Kier molecular flexibility index (Phi) is 7.29. The molecule has 0 saturated carbocycles. The van der Waals surface area contributed by atoms with E-state index in [-0.39, 0.29) is 0 Å². The van der Waals surface area contributed by atoms with Crippen LogP contribution in [0.4, 0.5) is 0 Å². The zero-order valence-corrected chi connectivity index (χ0v) is 7.61. The third-order valence-corrected chi connectivity index (χ3v) is 1.55. The van der Waals surface area contributed by atoms with Crippen molar-refractivity contribution in [1.82, 2.24) is 5.32 Å². The minimum Gasteiger partial charge on any atom is -0.307 e. The second-order valence-corrected chi connectivity index (χ2v) is 2.64. The maximum absolute atomic E-state index is 3.77. The molecule has 1 N–H and O–H groups in total. The van der Waals surface area contributed by atoms with Crippen LogP contribution in [0.25, 0.3) is 0 Å². The van der Waals surface area contributed by atoms with E-state index in [9.17, 15) is 0 Å². The molecule has 0 heterocycles. The van der Waals surface area contributed by atoms with Gasteiger partial charge in [0.25, 0.3) is 0 Å². The Morgan fingerprint density at radius 2 is 2.18 bits per heavy atom. The van der Waals surface area contributed by atoms with Crippen molar-refractivity contribution in [3.63, 3.8) is 0 Å². The largest absolute Gasteiger partial charge is 0.307 e. The van der Waals surface area contributed by atoms with Crippen LogP contribution in [0.3, 0.4) is 0 Å². The van der Waals surface area contributed by atoms with Crippen LogP contribution >= 0.6 is 0 Å². The molecule has 0 fully saturated rings. The normalized spacial score (nSPS) is 11.9. The monoisotopic (exact) mass is 152 g/mol. The molecule has 11 heavy (non-hydrogen) atoms. The second kappa shape index (κ2) is 7.63. The topological polar surface area (TPSA) is 12.0 Å². The molecule has 1 unspecified atom stereocenters. The summed E-state index contributed by atoms with van der Waals surface area (Å²) in [6.45, 7) is 5.84. The first-order valence-electron chi connectivity index (χ1n) is 4.26. The van der Waals surface area contributed by atoms with Crippen molar-refractivity contribution in [3.05, 3.63) is 6.92 Å².